The van der Waals surface area contributed by atoms with Crippen LogP contribution in [0.4, 0.5) is 5.82 Å². The number of aryl methyl sites for hydroxylation is 1. The van der Waals surface area contributed by atoms with Crippen molar-refractivity contribution in [1.29, 1.82) is 0 Å². The van der Waals surface area contributed by atoms with Crippen LogP contribution in [0.5, 0.6) is 0 Å². The maximum Gasteiger partial charge on any atom is 0.256 e. The number of hydrogen-bond donors (Lipinski definition) is 2. The SMILES string of the molecule is C=C(/C=C\C(=C/C)OC1CCNCC1)C(=O)Nc1cc2cc(-c3cncn3C)ccc2cn1. The molecular weight excluding hydrogens is 414 g/mol. The summed E-state index contributed by atoms with van der Waals surface area (Å²) in [6.45, 7) is 7.74. The molecule has 1 aromatic carbocycles. The van der Waals surface area contributed by atoms with Gasteiger partial charge in [0.15, 0.2) is 0 Å². The number of anilines is 1. The summed E-state index contributed by atoms with van der Waals surface area (Å²) >= 11 is 0. The van der Waals surface area contributed by atoms with Crippen LogP contribution in [-0.4, -0.2) is 39.6 Å². The van der Waals surface area contributed by atoms with Crippen LogP contribution < -0.4 is 10.6 Å². The lowest BCUT2D eigenvalue weighted by atomic mass is 10.1. The van der Waals surface area contributed by atoms with Gasteiger partial charge < -0.3 is 19.9 Å². The predicted octanol–water partition coefficient (Wildman–Crippen LogP) is 4.36. The van der Waals surface area contributed by atoms with E-state index >= 15 is 0 Å². The highest BCUT2D eigenvalue weighted by atomic mass is 16.5. The van der Waals surface area contributed by atoms with Gasteiger partial charge in [-0.2, -0.15) is 0 Å². The Morgan fingerprint density at radius 2 is 2.03 bits per heavy atom. The van der Waals surface area contributed by atoms with Crippen molar-refractivity contribution in [3.05, 3.63) is 79.1 Å². The maximum absolute atomic E-state index is 12.7. The Hall–Kier alpha value is -3.71. The topological polar surface area (TPSA) is 81.1 Å². The first-order valence-electron chi connectivity index (χ1n) is 11.1. The van der Waals surface area contributed by atoms with Crippen LogP contribution in [0, 0.1) is 0 Å². The van der Waals surface area contributed by atoms with Gasteiger partial charge in [-0.25, -0.2) is 9.97 Å². The average molecular weight is 444 g/mol. The van der Waals surface area contributed by atoms with Gasteiger partial charge in [0.2, 0.25) is 0 Å². The van der Waals surface area contributed by atoms with E-state index < -0.39 is 0 Å². The number of nitrogens with one attached hydrogen (secondary N) is 2. The zero-order chi connectivity index (χ0) is 23.2. The molecular formula is C26H29N5O2. The third kappa shape index (κ3) is 5.56. The zero-order valence-electron chi connectivity index (χ0n) is 19.0. The number of hydrogen-bond acceptors (Lipinski definition) is 5. The summed E-state index contributed by atoms with van der Waals surface area (Å²) in [5, 5.41) is 8.13. The molecule has 0 saturated carbocycles. The number of amides is 1. The van der Waals surface area contributed by atoms with Gasteiger partial charge in [0, 0.05) is 29.8 Å². The summed E-state index contributed by atoms with van der Waals surface area (Å²) in [5.74, 6) is 0.905. The van der Waals surface area contributed by atoms with Crippen LogP contribution in [-0.2, 0) is 16.6 Å². The Balaban J connectivity index is 1.42. The monoisotopic (exact) mass is 443 g/mol. The third-order valence-corrected chi connectivity index (χ3v) is 5.69. The lowest BCUT2D eigenvalue weighted by Crippen LogP contribution is -2.32. The predicted molar refractivity (Wildman–Crippen MR) is 132 cm³/mol. The lowest BCUT2D eigenvalue weighted by Gasteiger charge is -2.24. The molecule has 1 aliphatic heterocycles. The number of carbonyl (C=O) groups excluding carboxylic acids is 1. The molecule has 0 unspecified atom stereocenters. The highest BCUT2D eigenvalue weighted by Gasteiger charge is 2.14. The quantitative estimate of drug-likeness (QED) is 0.322. The number of benzene rings is 1. The van der Waals surface area contributed by atoms with E-state index in [-0.39, 0.29) is 12.0 Å². The summed E-state index contributed by atoms with van der Waals surface area (Å²) < 4.78 is 8.00. The lowest BCUT2D eigenvalue weighted by molar-refractivity contribution is -0.112. The number of ether oxygens (including phenoxy) is 1. The van der Waals surface area contributed by atoms with Crippen molar-refractivity contribution >= 4 is 22.5 Å². The number of pyridine rings is 1. The Morgan fingerprint density at radius 3 is 2.76 bits per heavy atom. The molecule has 33 heavy (non-hydrogen) atoms. The number of imidazole rings is 1. The minimum Gasteiger partial charge on any atom is -0.491 e. The van der Waals surface area contributed by atoms with E-state index in [1.807, 2.05) is 49.0 Å². The molecule has 3 aromatic rings. The molecule has 7 nitrogen and oxygen atoms in total. The number of carbonyl (C=O) groups is 1. The van der Waals surface area contributed by atoms with Crippen molar-refractivity contribution in [2.24, 2.45) is 7.05 Å². The second-order valence-electron chi connectivity index (χ2n) is 8.09. The molecule has 1 aliphatic rings. The molecule has 2 aromatic heterocycles. The molecule has 0 aliphatic carbocycles. The molecule has 0 radical (unpaired) electrons. The largest absolute Gasteiger partial charge is 0.491 e. The maximum atomic E-state index is 12.7. The Morgan fingerprint density at radius 1 is 1.21 bits per heavy atom. The van der Waals surface area contributed by atoms with Crippen molar-refractivity contribution in [3.8, 4) is 11.3 Å². The van der Waals surface area contributed by atoms with Gasteiger partial charge in [0.1, 0.15) is 17.7 Å². The van der Waals surface area contributed by atoms with E-state index in [0.29, 0.717) is 11.4 Å². The molecule has 0 spiro atoms. The Kier molecular flexibility index (Phi) is 7.00. The van der Waals surface area contributed by atoms with Crippen molar-refractivity contribution in [3.63, 3.8) is 0 Å². The standard InChI is InChI=1S/C26H29N5O2/c1-4-22(33-23-9-11-27-12-10-23)8-5-18(2)26(32)30-25-14-21-13-19(6-7-20(21)15-29-25)24-16-28-17-31(24)3/h4-8,13-17,23,27H,2,9-12H2,1,3H3,(H,29,30,32)/b8-5-,22-4+. The molecule has 7 heteroatoms. The first kappa shape index (κ1) is 22.5. The number of allylic oxidation sites excluding steroid dienone is 2. The summed E-state index contributed by atoms with van der Waals surface area (Å²) in [7, 11) is 1.96. The number of rotatable bonds is 7. The highest BCUT2D eigenvalue weighted by Crippen LogP contribution is 2.25. The highest BCUT2D eigenvalue weighted by molar-refractivity contribution is 6.05. The molecule has 3 heterocycles. The normalized spacial score (nSPS) is 15.2. The van der Waals surface area contributed by atoms with Gasteiger partial charge in [-0.05, 0) is 68.6 Å². The van der Waals surface area contributed by atoms with E-state index in [2.05, 4.69) is 33.2 Å². The molecule has 2 N–H and O–H groups in total. The minimum atomic E-state index is -0.307. The van der Waals surface area contributed by atoms with E-state index in [9.17, 15) is 4.79 Å². The number of piperidine rings is 1. The van der Waals surface area contributed by atoms with Crippen LogP contribution >= 0.6 is 0 Å². The van der Waals surface area contributed by atoms with Gasteiger partial charge in [-0.3, -0.25) is 4.79 Å². The van der Waals surface area contributed by atoms with Crippen LogP contribution in [0.2, 0.25) is 0 Å². The first-order valence-corrected chi connectivity index (χ1v) is 11.1. The summed E-state index contributed by atoms with van der Waals surface area (Å²) in [4.78, 5) is 21.2. The molecule has 1 amide bonds. The first-order chi connectivity index (χ1) is 16.0. The molecule has 170 valence electrons. The summed E-state index contributed by atoms with van der Waals surface area (Å²) in [5.41, 5.74) is 2.39. The van der Waals surface area contributed by atoms with Crippen LogP contribution in [0.15, 0.2) is 79.1 Å². The van der Waals surface area contributed by atoms with Crippen LogP contribution in [0.1, 0.15) is 19.8 Å². The smallest absolute Gasteiger partial charge is 0.256 e. The van der Waals surface area contributed by atoms with E-state index in [0.717, 1.165) is 53.7 Å². The van der Waals surface area contributed by atoms with Crippen LogP contribution in [0.3, 0.4) is 0 Å². The Labute approximate surface area is 193 Å². The number of fused-ring (bicyclic) bond motifs is 1. The van der Waals surface area contributed by atoms with Gasteiger partial charge >= 0.3 is 0 Å². The van der Waals surface area contributed by atoms with E-state index in [1.165, 1.54) is 0 Å². The molecule has 0 bridgehead atoms. The summed E-state index contributed by atoms with van der Waals surface area (Å²) in [6.07, 6.45) is 12.9. The number of nitrogens with zero attached hydrogens (tertiary/aromatic N) is 3. The molecule has 0 atom stereocenters. The number of aromatic nitrogens is 3. The van der Waals surface area contributed by atoms with E-state index in [1.54, 1.807) is 24.7 Å². The fourth-order valence-electron chi connectivity index (χ4n) is 3.77. The fourth-order valence-corrected chi connectivity index (χ4v) is 3.77. The second-order valence-corrected chi connectivity index (χ2v) is 8.09. The molecule has 1 fully saturated rings. The fraction of sp³-hybridized carbons (Fsp3) is 0.269. The summed E-state index contributed by atoms with van der Waals surface area (Å²) in [6, 6.07) is 7.98. The van der Waals surface area contributed by atoms with Crippen molar-refractivity contribution < 1.29 is 9.53 Å². The van der Waals surface area contributed by atoms with Gasteiger partial charge in [-0.1, -0.05) is 18.7 Å². The van der Waals surface area contributed by atoms with Crippen molar-refractivity contribution in [1.82, 2.24) is 19.9 Å². The molecule has 4 rings (SSSR count). The van der Waals surface area contributed by atoms with Crippen LogP contribution in [0.25, 0.3) is 22.0 Å². The van der Waals surface area contributed by atoms with Crippen molar-refractivity contribution in [2.75, 3.05) is 18.4 Å². The zero-order valence-corrected chi connectivity index (χ0v) is 19.0. The molecule has 1 saturated heterocycles. The van der Waals surface area contributed by atoms with Crippen molar-refractivity contribution in [2.45, 2.75) is 25.9 Å². The second kappa shape index (κ2) is 10.3. The van der Waals surface area contributed by atoms with Gasteiger partial charge in [-0.15, -0.1) is 0 Å². The van der Waals surface area contributed by atoms with Gasteiger partial charge in [0.25, 0.3) is 5.91 Å². The van der Waals surface area contributed by atoms with Gasteiger partial charge in [0.05, 0.1) is 18.2 Å². The van der Waals surface area contributed by atoms with E-state index in [4.69, 9.17) is 4.74 Å². The average Bonchev–Trinajstić information content (AvgIpc) is 3.27. The third-order valence-electron chi connectivity index (χ3n) is 5.69. The minimum absolute atomic E-state index is 0.197. The Bertz CT molecular complexity index is 1220.